The van der Waals surface area contributed by atoms with E-state index in [0.29, 0.717) is 11.0 Å². The Labute approximate surface area is 181 Å². The Balaban J connectivity index is 3.38. The first-order valence-corrected chi connectivity index (χ1v) is 13.4. The van der Waals surface area contributed by atoms with Crippen LogP contribution in [0.3, 0.4) is 0 Å². The van der Waals surface area contributed by atoms with Gasteiger partial charge in [-0.05, 0) is 18.9 Å². The first-order valence-electron chi connectivity index (χ1n) is 11.9. The first kappa shape index (κ1) is 28.6. The maximum atomic E-state index is 11.7. The number of phosphoric acid groups is 1. The van der Waals surface area contributed by atoms with E-state index in [1.54, 1.807) is 0 Å². The molecule has 1 atom stereocenters. The average molecular weight is 435 g/mol. The van der Waals surface area contributed by atoms with Crippen molar-refractivity contribution in [1.82, 2.24) is 0 Å². The average Bonchev–Trinajstić information content (AvgIpc) is 2.63. The predicted octanol–water partition coefficient (Wildman–Crippen LogP) is 7.21. The summed E-state index contributed by atoms with van der Waals surface area (Å²) < 4.78 is 22.2. The van der Waals surface area contributed by atoms with Gasteiger partial charge in [0.2, 0.25) is 0 Å². The molecule has 0 rings (SSSR count). The molecule has 1 unspecified atom stereocenters. The third kappa shape index (κ3) is 23.8. The lowest BCUT2D eigenvalue weighted by Gasteiger charge is -2.23. The number of allylic oxidation sites excluding steroid dienone is 1. The van der Waals surface area contributed by atoms with Gasteiger partial charge in [-0.1, -0.05) is 90.4 Å². The molecule has 0 spiro atoms. The van der Waals surface area contributed by atoms with Gasteiger partial charge in [-0.3, -0.25) is 9.42 Å². The van der Waals surface area contributed by atoms with Gasteiger partial charge in [0.1, 0.15) is 13.2 Å². The van der Waals surface area contributed by atoms with Crippen LogP contribution in [0.2, 0.25) is 0 Å². The Bertz CT molecular complexity index is 435. The summed E-state index contributed by atoms with van der Waals surface area (Å²) in [4.78, 5) is 9.59. The van der Waals surface area contributed by atoms with Gasteiger partial charge in [-0.2, -0.15) is 0 Å². The summed E-state index contributed by atoms with van der Waals surface area (Å²) >= 11 is 0. The minimum atomic E-state index is -3.97. The lowest BCUT2D eigenvalue weighted by Crippen LogP contribution is -2.37. The van der Waals surface area contributed by atoms with Crippen LogP contribution in [-0.4, -0.2) is 43.7 Å². The Kier molecular flexibility index (Phi) is 18.2. The molecule has 0 saturated carbocycles. The molecule has 29 heavy (non-hydrogen) atoms. The third-order valence-corrected chi connectivity index (χ3v) is 5.93. The Morgan fingerprint density at radius 1 is 0.793 bits per heavy atom. The van der Waals surface area contributed by atoms with Gasteiger partial charge in [0.05, 0.1) is 27.4 Å². The van der Waals surface area contributed by atoms with Crippen molar-refractivity contribution in [3.05, 3.63) is 12.3 Å². The van der Waals surface area contributed by atoms with E-state index in [9.17, 15) is 9.46 Å². The first-order chi connectivity index (χ1) is 13.8. The van der Waals surface area contributed by atoms with Gasteiger partial charge in [0.25, 0.3) is 0 Å². The van der Waals surface area contributed by atoms with Crippen molar-refractivity contribution in [2.24, 2.45) is 0 Å². The minimum absolute atomic E-state index is 0.198. The Hall–Kier alpha value is -0.350. The zero-order valence-corrected chi connectivity index (χ0v) is 20.6. The SMILES string of the molecule is CCCCCCCCCCCCCCCCC=COP(=O)(O)OCC[N+](C)(C)C. The number of nitrogens with zero attached hydrogens (tertiary/aromatic N) is 1. The molecule has 0 heterocycles. The fraction of sp³-hybridized carbons (Fsp3) is 0.913. The topological polar surface area (TPSA) is 55.8 Å². The van der Waals surface area contributed by atoms with Gasteiger partial charge in [0, 0.05) is 0 Å². The van der Waals surface area contributed by atoms with Crippen molar-refractivity contribution >= 4 is 7.82 Å². The van der Waals surface area contributed by atoms with Gasteiger partial charge in [-0.15, -0.1) is 0 Å². The van der Waals surface area contributed by atoms with Crippen LogP contribution in [0.25, 0.3) is 0 Å². The lowest BCUT2D eigenvalue weighted by molar-refractivity contribution is -0.870. The fourth-order valence-electron chi connectivity index (χ4n) is 3.11. The molecule has 174 valence electrons. The van der Waals surface area contributed by atoms with E-state index in [-0.39, 0.29) is 6.61 Å². The summed E-state index contributed by atoms with van der Waals surface area (Å²) in [6.45, 7) is 3.12. The van der Waals surface area contributed by atoms with E-state index in [1.165, 1.54) is 89.7 Å². The van der Waals surface area contributed by atoms with Crippen molar-refractivity contribution in [2.45, 2.75) is 103 Å². The molecule has 0 aliphatic heterocycles. The van der Waals surface area contributed by atoms with Crippen LogP contribution in [0, 0.1) is 0 Å². The number of hydrogen-bond donors (Lipinski definition) is 1. The van der Waals surface area contributed by atoms with Gasteiger partial charge in [-0.25, -0.2) is 4.57 Å². The normalized spacial score (nSPS) is 14.4. The van der Waals surface area contributed by atoms with E-state index in [0.717, 1.165) is 12.8 Å². The summed E-state index contributed by atoms with van der Waals surface area (Å²) in [5.41, 5.74) is 0. The molecule has 0 aromatic carbocycles. The number of hydrogen-bond acceptors (Lipinski definition) is 3. The highest BCUT2D eigenvalue weighted by atomic mass is 31.2. The van der Waals surface area contributed by atoms with Gasteiger partial charge < -0.3 is 9.01 Å². The van der Waals surface area contributed by atoms with E-state index in [2.05, 4.69) is 6.92 Å². The van der Waals surface area contributed by atoms with Crippen LogP contribution < -0.4 is 0 Å². The maximum Gasteiger partial charge on any atom is 0.527 e. The third-order valence-electron chi connectivity index (χ3n) is 5.03. The van der Waals surface area contributed by atoms with Crippen LogP contribution >= 0.6 is 7.82 Å². The van der Waals surface area contributed by atoms with Crippen LogP contribution in [-0.2, 0) is 13.6 Å². The summed E-state index contributed by atoms with van der Waals surface area (Å²) in [7, 11) is 2.04. The number of quaternary nitrogens is 1. The molecular formula is C23H49NO4P+. The summed E-state index contributed by atoms with van der Waals surface area (Å²) in [5.74, 6) is 0. The zero-order chi connectivity index (χ0) is 21.8. The van der Waals surface area contributed by atoms with E-state index < -0.39 is 7.82 Å². The Morgan fingerprint density at radius 2 is 1.24 bits per heavy atom. The molecule has 0 bridgehead atoms. The van der Waals surface area contributed by atoms with Crippen LogP contribution in [0.5, 0.6) is 0 Å². The maximum absolute atomic E-state index is 11.7. The molecule has 0 fully saturated rings. The summed E-state index contributed by atoms with van der Waals surface area (Å²) in [5, 5.41) is 0. The smallest absolute Gasteiger partial charge is 0.412 e. The molecule has 5 nitrogen and oxygen atoms in total. The van der Waals surface area contributed by atoms with Crippen LogP contribution in [0.4, 0.5) is 0 Å². The molecule has 0 aliphatic rings. The van der Waals surface area contributed by atoms with E-state index >= 15 is 0 Å². The molecule has 1 N–H and O–H groups in total. The van der Waals surface area contributed by atoms with Crippen molar-refractivity contribution in [2.75, 3.05) is 34.3 Å². The molecule has 6 heteroatoms. The molecule has 0 saturated heterocycles. The summed E-state index contributed by atoms with van der Waals surface area (Å²) in [6, 6.07) is 0. The second-order valence-corrected chi connectivity index (χ2v) is 10.6. The van der Waals surface area contributed by atoms with Crippen LogP contribution in [0.1, 0.15) is 103 Å². The van der Waals surface area contributed by atoms with E-state index in [4.69, 9.17) is 9.05 Å². The van der Waals surface area contributed by atoms with Crippen molar-refractivity contribution in [1.29, 1.82) is 0 Å². The highest BCUT2D eigenvalue weighted by molar-refractivity contribution is 7.47. The number of likely N-dealkylation sites (N-methyl/N-ethyl adjacent to an activating group) is 1. The predicted molar refractivity (Wildman–Crippen MR) is 124 cm³/mol. The monoisotopic (exact) mass is 434 g/mol. The van der Waals surface area contributed by atoms with Gasteiger partial charge >= 0.3 is 7.82 Å². The molecule has 0 aromatic heterocycles. The molecule has 0 radical (unpaired) electrons. The highest BCUT2D eigenvalue weighted by Gasteiger charge is 2.21. The van der Waals surface area contributed by atoms with Gasteiger partial charge in [0.15, 0.2) is 0 Å². The number of rotatable bonds is 21. The number of unbranched alkanes of at least 4 members (excludes halogenated alkanes) is 14. The highest BCUT2D eigenvalue weighted by Crippen LogP contribution is 2.43. The standard InChI is InChI=1S/C23H48NO4P/c1-5-6-7-8-9-10-11-12-13-14-15-16-17-18-19-20-22-27-29(25,26)28-23-21-24(2,3)4/h20,22H,5-19,21,23H2,1-4H3/p+1. The zero-order valence-electron chi connectivity index (χ0n) is 19.7. The largest absolute Gasteiger partial charge is 0.527 e. The minimum Gasteiger partial charge on any atom is -0.412 e. The fourth-order valence-corrected chi connectivity index (χ4v) is 3.72. The second-order valence-electron chi connectivity index (χ2n) is 9.18. The molecule has 0 aliphatic carbocycles. The second kappa shape index (κ2) is 18.4. The number of phosphoric ester groups is 1. The molecule has 0 amide bonds. The Morgan fingerprint density at radius 3 is 1.69 bits per heavy atom. The molecular weight excluding hydrogens is 385 g/mol. The van der Waals surface area contributed by atoms with Crippen molar-refractivity contribution in [3.63, 3.8) is 0 Å². The molecule has 0 aromatic rings. The quantitative estimate of drug-likeness (QED) is 0.0897. The summed E-state index contributed by atoms with van der Waals surface area (Å²) in [6.07, 6.45) is 22.8. The lowest BCUT2D eigenvalue weighted by atomic mass is 10.0. The van der Waals surface area contributed by atoms with Crippen LogP contribution in [0.15, 0.2) is 12.3 Å². The van der Waals surface area contributed by atoms with E-state index in [1.807, 2.05) is 27.2 Å². The van der Waals surface area contributed by atoms with Crippen molar-refractivity contribution in [3.8, 4) is 0 Å². The van der Waals surface area contributed by atoms with Crippen molar-refractivity contribution < 1.29 is 23.0 Å².